The second-order valence-electron chi connectivity index (χ2n) is 6.89. The van der Waals surface area contributed by atoms with E-state index in [1.807, 2.05) is 12.1 Å². The maximum absolute atomic E-state index is 5.28. The fraction of sp³-hybridized carbons (Fsp3) is 0.0800. The summed E-state index contributed by atoms with van der Waals surface area (Å²) in [5.74, 6) is 0.850. The van der Waals surface area contributed by atoms with Gasteiger partial charge < -0.3 is 9.30 Å². The second-order valence-corrected chi connectivity index (χ2v) is 6.89. The number of para-hydroxylation sites is 1. The molecule has 3 heteroatoms. The van der Waals surface area contributed by atoms with Gasteiger partial charge in [-0.1, -0.05) is 48.5 Å². The van der Waals surface area contributed by atoms with Crippen molar-refractivity contribution in [3.8, 4) is 17.0 Å². The van der Waals surface area contributed by atoms with Crippen LogP contribution < -0.4 is 4.74 Å². The highest BCUT2D eigenvalue weighted by molar-refractivity contribution is 6.07. The summed E-state index contributed by atoms with van der Waals surface area (Å²) in [5, 5.41) is 2.42. The summed E-state index contributed by atoms with van der Waals surface area (Å²) in [4.78, 5) is 5.06. The van der Waals surface area contributed by atoms with Gasteiger partial charge in [0.1, 0.15) is 11.4 Å². The van der Waals surface area contributed by atoms with Crippen LogP contribution in [0.3, 0.4) is 0 Å². The van der Waals surface area contributed by atoms with Crippen LogP contribution in [0.4, 0.5) is 0 Å². The van der Waals surface area contributed by atoms with Gasteiger partial charge in [0.15, 0.2) is 0 Å². The van der Waals surface area contributed by atoms with E-state index in [4.69, 9.17) is 9.72 Å². The highest BCUT2D eigenvalue weighted by atomic mass is 16.5. The quantitative estimate of drug-likeness (QED) is 0.396. The SMILES string of the molecule is COc1ccc(-c2ccc3c4ccccc4n(Cc4ccccc4)c3n2)cc1. The number of aromatic nitrogens is 2. The smallest absolute Gasteiger partial charge is 0.142 e. The molecule has 0 aliphatic carbocycles. The molecule has 136 valence electrons. The molecule has 0 bridgehead atoms. The second kappa shape index (κ2) is 6.86. The van der Waals surface area contributed by atoms with Gasteiger partial charge >= 0.3 is 0 Å². The molecule has 0 fully saturated rings. The van der Waals surface area contributed by atoms with E-state index in [-0.39, 0.29) is 0 Å². The molecule has 28 heavy (non-hydrogen) atoms. The first-order chi connectivity index (χ1) is 13.8. The minimum atomic E-state index is 0.796. The zero-order chi connectivity index (χ0) is 18.9. The predicted octanol–water partition coefficient (Wildman–Crippen LogP) is 5.91. The van der Waals surface area contributed by atoms with Gasteiger partial charge in [-0.2, -0.15) is 0 Å². The Balaban J connectivity index is 1.70. The van der Waals surface area contributed by atoms with Gasteiger partial charge in [0.25, 0.3) is 0 Å². The lowest BCUT2D eigenvalue weighted by Crippen LogP contribution is -2.00. The van der Waals surface area contributed by atoms with Gasteiger partial charge in [-0.05, 0) is 48.0 Å². The highest BCUT2D eigenvalue weighted by Crippen LogP contribution is 2.31. The largest absolute Gasteiger partial charge is 0.497 e. The first-order valence-electron chi connectivity index (χ1n) is 9.40. The summed E-state index contributed by atoms with van der Waals surface area (Å²) in [6.45, 7) is 0.796. The molecule has 0 aliphatic rings. The van der Waals surface area contributed by atoms with Crippen molar-refractivity contribution < 1.29 is 4.74 Å². The number of methoxy groups -OCH3 is 1. The summed E-state index contributed by atoms with van der Waals surface area (Å²) in [7, 11) is 1.68. The topological polar surface area (TPSA) is 27.1 Å². The summed E-state index contributed by atoms with van der Waals surface area (Å²) >= 11 is 0. The third-order valence-corrected chi connectivity index (χ3v) is 5.19. The van der Waals surface area contributed by atoms with Gasteiger partial charge in [0.2, 0.25) is 0 Å². The molecule has 0 unspecified atom stereocenters. The molecule has 0 aliphatic heterocycles. The maximum atomic E-state index is 5.28. The van der Waals surface area contributed by atoms with E-state index in [2.05, 4.69) is 83.4 Å². The van der Waals surface area contributed by atoms with Crippen LogP contribution in [-0.2, 0) is 6.54 Å². The summed E-state index contributed by atoms with van der Waals surface area (Å²) in [6.07, 6.45) is 0. The molecule has 0 saturated heterocycles. The predicted molar refractivity (Wildman–Crippen MR) is 115 cm³/mol. The molecule has 5 aromatic rings. The van der Waals surface area contributed by atoms with E-state index in [0.717, 1.165) is 29.2 Å². The molecule has 0 radical (unpaired) electrons. The van der Waals surface area contributed by atoms with E-state index in [1.54, 1.807) is 7.11 Å². The fourth-order valence-corrected chi connectivity index (χ4v) is 3.76. The van der Waals surface area contributed by atoms with E-state index in [0.29, 0.717) is 0 Å². The van der Waals surface area contributed by atoms with Gasteiger partial charge in [-0.3, -0.25) is 0 Å². The zero-order valence-electron chi connectivity index (χ0n) is 15.7. The fourth-order valence-electron chi connectivity index (χ4n) is 3.76. The molecule has 3 nitrogen and oxygen atoms in total. The number of nitrogens with zero attached hydrogens (tertiary/aromatic N) is 2. The zero-order valence-corrected chi connectivity index (χ0v) is 15.7. The van der Waals surface area contributed by atoms with Crippen molar-refractivity contribution in [3.63, 3.8) is 0 Å². The van der Waals surface area contributed by atoms with Crippen LogP contribution in [0.1, 0.15) is 5.56 Å². The molecule has 3 aromatic carbocycles. The van der Waals surface area contributed by atoms with Crippen LogP contribution in [0.5, 0.6) is 5.75 Å². The molecule has 2 heterocycles. The molecule has 0 atom stereocenters. The molecule has 5 rings (SSSR count). The Morgan fingerprint density at radius 3 is 2.29 bits per heavy atom. The first-order valence-corrected chi connectivity index (χ1v) is 9.40. The number of rotatable bonds is 4. The molecule has 0 spiro atoms. The molecular formula is C25H20N2O. The van der Waals surface area contributed by atoms with Crippen molar-refractivity contribution in [2.75, 3.05) is 7.11 Å². The van der Waals surface area contributed by atoms with Crippen molar-refractivity contribution >= 4 is 21.9 Å². The lowest BCUT2D eigenvalue weighted by molar-refractivity contribution is 0.415. The number of pyridine rings is 1. The molecular weight excluding hydrogens is 344 g/mol. The van der Waals surface area contributed by atoms with Gasteiger partial charge in [-0.25, -0.2) is 4.98 Å². The Labute approximate surface area is 163 Å². The highest BCUT2D eigenvalue weighted by Gasteiger charge is 2.13. The maximum Gasteiger partial charge on any atom is 0.142 e. The van der Waals surface area contributed by atoms with Crippen molar-refractivity contribution in [2.45, 2.75) is 6.54 Å². The van der Waals surface area contributed by atoms with Crippen LogP contribution in [0.15, 0.2) is 91.0 Å². The summed E-state index contributed by atoms with van der Waals surface area (Å²) in [5.41, 5.74) is 5.53. The Morgan fingerprint density at radius 1 is 0.750 bits per heavy atom. The minimum Gasteiger partial charge on any atom is -0.497 e. The molecule has 2 aromatic heterocycles. The van der Waals surface area contributed by atoms with Crippen molar-refractivity contribution in [3.05, 3.63) is 96.6 Å². The standard InChI is InChI=1S/C25H20N2O/c1-28-20-13-11-19(12-14-20)23-16-15-22-21-9-5-6-10-24(21)27(25(22)26-23)17-18-7-3-2-4-8-18/h2-16H,17H2,1H3. The van der Waals surface area contributed by atoms with Crippen molar-refractivity contribution in [1.82, 2.24) is 9.55 Å². The van der Waals surface area contributed by atoms with E-state index in [1.165, 1.54) is 21.9 Å². The Hall–Kier alpha value is -3.59. The van der Waals surface area contributed by atoms with Crippen molar-refractivity contribution in [1.29, 1.82) is 0 Å². The third-order valence-electron chi connectivity index (χ3n) is 5.19. The third kappa shape index (κ3) is 2.81. The van der Waals surface area contributed by atoms with Crippen LogP contribution in [0, 0.1) is 0 Å². The van der Waals surface area contributed by atoms with E-state index < -0.39 is 0 Å². The Kier molecular flexibility index (Phi) is 4.06. The summed E-state index contributed by atoms with van der Waals surface area (Å²) < 4.78 is 7.59. The monoisotopic (exact) mass is 364 g/mol. The van der Waals surface area contributed by atoms with E-state index >= 15 is 0 Å². The lowest BCUT2D eigenvalue weighted by Gasteiger charge is -2.08. The minimum absolute atomic E-state index is 0.796. The molecule has 0 N–H and O–H groups in total. The first kappa shape index (κ1) is 16.6. The van der Waals surface area contributed by atoms with Crippen LogP contribution in [-0.4, -0.2) is 16.7 Å². The van der Waals surface area contributed by atoms with Crippen LogP contribution in [0.25, 0.3) is 33.2 Å². The Morgan fingerprint density at radius 2 is 1.50 bits per heavy atom. The Bertz CT molecular complexity index is 1250. The van der Waals surface area contributed by atoms with E-state index in [9.17, 15) is 0 Å². The van der Waals surface area contributed by atoms with Crippen LogP contribution >= 0.6 is 0 Å². The number of ether oxygens (including phenoxy) is 1. The van der Waals surface area contributed by atoms with Gasteiger partial charge in [0.05, 0.1) is 18.3 Å². The normalized spacial score (nSPS) is 11.2. The number of benzene rings is 3. The average Bonchev–Trinajstić information content (AvgIpc) is 3.08. The number of hydrogen-bond acceptors (Lipinski definition) is 2. The van der Waals surface area contributed by atoms with Crippen molar-refractivity contribution in [2.24, 2.45) is 0 Å². The lowest BCUT2D eigenvalue weighted by atomic mass is 10.1. The van der Waals surface area contributed by atoms with Gasteiger partial charge in [-0.15, -0.1) is 0 Å². The molecule has 0 amide bonds. The van der Waals surface area contributed by atoms with Gasteiger partial charge in [0, 0.05) is 22.9 Å². The number of fused-ring (bicyclic) bond motifs is 3. The number of hydrogen-bond donors (Lipinski definition) is 0. The summed E-state index contributed by atoms with van der Waals surface area (Å²) in [6, 6.07) is 31.4. The van der Waals surface area contributed by atoms with Crippen LogP contribution in [0.2, 0.25) is 0 Å². The molecule has 0 saturated carbocycles. The average molecular weight is 364 g/mol.